The van der Waals surface area contributed by atoms with E-state index < -0.39 is 17.7 Å². The van der Waals surface area contributed by atoms with Gasteiger partial charge in [0.25, 0.3) is 0 Å². The second kappa shape index (κ2) is 10.6. The summed E-state index contributed by atoms with van der Waals surface area (Å²) in [6.07, 6.45) is 0.546. The molecule has 1 unspecified atom stereocenters. The summed E-state index contributed by atoms with van der Waals surface area (Å²) in [5.41, 5.74) is -0.284. The summed E-state index contributed by atoms with van der Waals surface area (Å²) in [5, 5.41) is 12.8. The summed E-state index contributed by atoms with van der Waals surface area (Å²) < 4.78 is 37.0. The van der Waals surface area contributed by atoms with E-state index >= 15 is 0 Å². The smallest absolute Gasteiger partial charge is 0.131 e. The summed E-state index contributed by atoms with van der Waals surface area (Å²) in [6, 6.07) is 3.55. The molecule has 6 heteroatoms. The lowest BCUT2D eigenvalue weighted by molar-refractivity contribution is 0.0687. The van der Waals surface area contributed by atoms with Crippen LogP contribution in [0.5, 0.6) is 0 Å². The molecule has 2 N–H and O–H groups in total. The number of benzene rings is 1. The predicted octanol–water partition coefficient (Wildman–Crippen LogP) is 2.03. The third kappa shape index (κ3) is 6.95. The maximum atomic E-state index is 13.4. The second-order valence-electron chi connectivity index (χ2n) is 4.67. The molecule has 0 bridgehead atoms. The molecule has 0 saturated carbocycles. The third-order valence-corrected chi connectivity index (χ3v) is 2.99. The predicted molar refractivity (Wildman–Crippen MR) is 76.1 cm³/mol. The lowest BCUT2D eigenvalue weighted by Gasteiger charge is -2.13. The Morgan fingerprint density at radius 1 is 1.14 bits per heavy atom. The molecule has 0 heterocycles. The molecular weight excluding hydrogens is 280 g/mol. The highest BCUT2D eigenvalue weighted by Crippen LogP contribution is 2.19. The van der Waals surface area contributed by atoms with Crippen LogP contribution in [0.3, 0.4) is 0 Å². The molecular formula is C15H23F2NO3. The fraction of sp³-hybridized carbons (Fsp3) is 0.600. The largest absolute Gasteiger partial charge is 0.387 e. The average Bonchev–Trinajstić information content (AvgIpc) is 2.45. The number of methoxy groups -OCH3 is 1. The zero-order valence-corrected chi connectivity index (χ0v) is 12.3. The van der Waals surface area contributed by atoms with Gasteiger partial charge in [-0.1, -0.05) is 6.07 Å². The van der Waals surface area contributed by atoms with Crippen LogP contribution in [0.15, 0.2) is 18.2 Å². The highest BCUT2D eigenvalue weighted by atomic mass is 19.1. The van der Waals surface area contributed by atoms with Crippen molar-refractivity contribution in [2.24, 2.45) is 0 Å². The molecule has 0 aliphatic rings. The Kier molecular flexibility index (Phi) is 9.09. The van der Waals surface area contributed by atoms with E-state index in [1.165, 1.54) is 6.07 Å². The van der Waals surface area contributed by atoms with Crippen molar-refractivity contribution in [2.75, 3.05) is 40.0 Å². The summed E-state index contributed by atoms with van der Waals surface area (Å²) in [4.78, 5) is 0. The van der Waals surface area contributed by atoms with Gasteiger partial charge in [-0.3, -0.25) is 0 Å². The Morgan fingerprint density at radius 3 is 2.52 bits per heavy atom. The molecule has 0 fully saturated rings. The van der Waals surface area contributed by atoms with Gasteiger partial charge in [-0.2, -0.15) is 0 Å². The summed E-state index contributed by atoms with van der Waals surface area (Å²) >= 11 is 0. The number of halogens is 2. The number of hydrogen-bond donors (Lipinski definition) is 2. The molecule has 0 spiro atoms. The van der Waals surface area contributed by atoms with Crippen molar-refractivity contribution in [1.82, 2.24) is 5.32 Å². The van der Waals surface area contributed by atoms with Crippen LogP contribution in [-0.2, 0) is 9.47 Å². The van der Waals surface area contributed by atoms with Crippen molar-refractivity contribution in [3.05, 3.63) is 35.4 Å². The third-order valence-electron chi connectivity index (χ3n) is 2.99. The summed E-state index contributed by atoms with van der Waals surface area (Å²) in [6.45, 7) is 2.58. The molecule has 120 valence electrons. The summed E-state index contributed by atoms with van der Waals surface area (Å²) in [7, 11) is 1.62. The molecule has 0 aliphatic heterocycles. The Balaban J connectivity index is 2.12. The Morgan fingerprint density at radius 2 is 1.86 bits per heavy atom. The van der Waals surface area contributed by atoms with Gasteiger partial charge in [0, 0.05) is 20.3 Å². The molecule has 0 radical (unpaired) electrons. The van der Waals surface area contributed by atoms with Gasteiger partial charge in [0.05, 0.1) is 24.9 Å². The first-order valence-corrected chi connectivity index (χ1v) is 7.06. The number of aliphatic hydroxyl groups excluding tert-OH is 1. The van der Waals surface area contributed by atoms with E-state index in [-0.39, 0.29) is 12.1 Å². The zero-order chi connectivity index (χ0) is 15.5. The van der Waals surface area contributed by atoms with Crippen LogP contribution in [0.2, 0.25) is 0 Å². The van der Waals surface area contributed by atoms with Gasteiger partial charge < -0.3 is 19.9 Å². The lowest BCUT2D eigenvalue weighted by atomic mass is 10.1. The number of aliphatic hydroxyl groups is 1. The first kappa shape index (κ1) is 18.0. The Labute approximate surface area is 124 Å². The Hall–Kier alpha value is -1.08. The van der Waals surface area contributed by atoms with Gasteiger partial charge in [-0.05, 0) is 31.5 Å². The molecule has 0 aromatic heterocycles. The summed E-state index contributed by atoms with van der Waals surface area (Å²) in [5.74, 6) is -1.45. The first-order valence-electron chi connectivity index (χ1n) is 7.06. The van der Waals surface area contributed by atoms with E-state index in [0.717, 1.165) is 25.0 Å². The molecule has 1 rings (SSSR count). The molecule has 1 atom stereocenters. The molecule has 0 amide bonds. The van der Waals surface area contributed by atoms with Crippen LogP contribution >= 0.6 is 0 Å². The van der Waals surface area contributed by atoms with Gasteiger partial charge in [-0.15, -0.1) is 0 Å². The topological polar surface area (TPSA) is 50.7 Å². The number of rotatable bonds is 11. The van der Waals surface area contributed by atoms with Crippen molar-refractivity contribution in [1.29, 1.82) is 0 Å². The lowest BCUT2D eigenvalue weighted by Crippen LogP contribution is -2.24. The number of nitrogens with one attached hydrogen (secondary N) is 1. The maximum absolute atomic E-state index is 13.4. The van der Waals surface area contributed by atoms with Gasteiger partial charge >= 0.3 is 0 Å². The standard InChI is InChI=1S/C15H23F2NO3/c1-20-9-10-21-8-3-2-7-18-11-14(19)15-12(16)5-4-6-13(15)17/h4-6,14,18-19H,2-3,7-11H2,1H3. The first-order chi connectivity index (χ1) is 10.2. The van der Waals surface area contributed by atoms with E-state index in [2.05, 4.69) is 5.32 Å². The number of hydrogen-bond acceptors (Lipinski definition) is 4. The molecule has 1 aromatic carbocycles. The molecule has 1 aromatic rings. The number of unbranched alkanes of at least 4 members (excludes halogenated alkanes) is 1. The van der Waals surface area contributed by atoms with Gasteiger partial charge in [0.1, 0.15) is 11.6 Å². The fourth-order valence-corrected chi connectivity index (χ4v) is 1.87. The minimum atomic E-state index is -1.19. The highest BCUT2D eigenvalue weighted by Gasteiger charge is 2.16. The fourth-order valence-electron chi connectivity index (χ4n) is 1.87. The average molecular weight is 303 g/mol. The molecule has 4 nitrogen and oxygen atoms in total. The normalized spacial score (nSPS) is 12.6. The van der Waals surface area contributed by atoms with Crippen LogP contribution in [0.4, 0.5) is 8.78 Å². The van der Waals surface area contributed by atoms with Crippen molar-refractivity contribution in [3.8, 4) is 0 Å². The second-order valence-corrected chi connectivity index (χ2v) is 4.67. The zero-order valence-electron chi connectivity index (χ0n) is 12.3. The van der Waals surface area contributed by atoms with Crippen molar-refractivity contribution < 1.29 is 23.4 Å². The van der Waals surface area contributed by atoms with Crippen molar-refractivity contribution in [2.45, 2.75) is 18.9 Å². The SMILES string of the molecule is COCCOCCCCNCC(O)c1c(F)cccc1F. The van der Waals surface area contributed by atoms with Crippen LogP contribution in [0.25, 0.3) is 0 Å². The Bertz CT molecular complexity index is 384. The van der Waals surface area contributed by atoms with E-state index in [0.29, 0.717) is 26.4 Å². The van der Waals surface area contributed by atoms with Gasteiger partial charge in [0.15, 0.2) is 0 Å². The monoisotopic (exact) mass is 303 g/mol. The highest BCUT2D eigenvalue weighted by molar-refractivity contribution is 5.22. The minimum absolute atomic E-state index is 0.113. The number of ether oxygens (including phenoxy) is 2. The van der Waals surface area contributed by atoms with E-state index in [1.807, 2.05) is 0 Å². The molecule has 0 saturated heterocycles. The van der Waals surface area contributed by atoms with Crippen molar-refractivity contribution in [3.63, 3.8) is 0 Å². The quantitative estimate of drug-likeness (QED) is 0.614. The van der Waals surface area contributed by atoms with Crippen LogP contribution in [0.1, 0.15) is 24.5 Å². The van der Waals surface area contributed by atoms with Crippen molar-refractivity contribution >= 4 is 0 Å². The molecule has 21 heavy (non-hydrogen) atoms. The van der Waals surface area contributed by atoms with E-state index in [1.54, 1.807) is 7.11 Å². The van der Waals surface area contributed by atoms with Crippen LogP contribution in [-0.4, -0.2) is 45.1 Å². The van der Waals surface area contributed by atoms with Crippen LogP contribution in [0, 0.1) is 11.6 Å². The van der Waals surface area contributed by atoms with Gasteiger partial charge in [-0.25, -0.2) is 8.78 Å². The minimum Gasteiger partial charge on any atom is -0.387 e. The van der Waals surface area contributed by atoms with Crippen LogP contribution < -0.4 is 5.32 Å². The maximum Gasteiger partial charge on any atom is 0.131 e. The van der Waals surface area contributed by atoms with Gasteiger partial charge in [0.2, 0.25) is 0 Å². The van der Waals surface area contributed by atoms with E-state index in [4.69, 9.17) is 9.47 Å². The molecule has 0 aliphatic carbocycles. The van der Waals surface area contributed by atoms with E-state index in [9.17, 15) is 13.9 Å².